The zero-order valence-electron chi connectivity index (χ0n) is 14.8. The number of para-hydroxylation sites is 1. The van der Waals surface area contributed by atoms with Crippen molar-refractivity contribution in [3.63, 3.8) is 0 Å². The highest BCUT2D eigenvalue weighted by molar-refractivity contribution is 5.80. The zero-order chi connectivity index (χ0) is 17.6. The van der Waals surface area contributed by atoms with Gasteiger partial charge in [-0.1, -0.05) is 12.1 Å². The highest BCUT2D eigenvalue weighted by Gasteiger charge is 2.21. The molecule has 1 aliphatic rings. The van der Waals surface area contributed by atoms with Gasteiger partial charge in [-0.05, 0) is 19.1 Å². The van der Waals surface area contributed by atoms with Crippen LogP contribution >= 0.6 is 0 Å². The second-order valence-corrected chi connectivity index (χ2v) is 6.12. The standard InChI is InChI=1S/C18H25FN6/c1-3-20-18(21-12-15-13-22-23(2)14-15)25-10-8-24(9-11-25)17-7-5-4-6-16(17)19/h4-7,13-14H,3,8-12H2,1-2H3,(H,20,21). The van der Waals surface area contributed by atoms with Gasteiger partial charge >= 0.3 is 0 Å². The molecule has 7 heteroatoms. The van der Waals surface area contributed by atoms with E-state index in [9.17, 15) is 4.39 Å². The van der Waals surface area contributed by atoms with Crippen LogP contribution in [0.25, 0.3) is 0 Å². The number of hydrogen-bond acceptors (Lipinski definition) is 3. The number of rotatable bonds is 4. The van der Waals surface area contributed by atoms with Crippen LogP contribution in [0.1, 0.15) is 12.5 Å². The predicted octanol–water partition coefficient (Wildman–Crippen LogP) is 1.85. The molecule has 0 radical (unpaired) electrons. The van der Waals surface area contributed by atoms with E-state index < -0.39 is 0 Å². The number of nitrogens with one attached hydrogen (secondary N) is 1. The van der Waals surface area contributed by atoms with Crippen molar-refractivity contribution in [2.24, 2.45) is 12.0 Å². The first-order valence-electron chi connectivity index (χ1n) is 8.67. The van der Waals surface area contributed by atoms with E-state index in [2.05, 4.69) is 27.1 Å². The molecule has 1 saturated heterocycles. The summed E-state index contributed by atoms with van der Waals surface area (Å²) in [5.41, 5.74) is 1.77. The van der Waals surface area contributed by atoms with E-state index in [4.69, 9.17) is 4.99 Å². The van der Waals surface area contributed by atoms with Crippen molar-refractivity contribution in [1.82, 2.24) is 20.0 Å². The van der Waals surface area contributed by atoms with Crippen LogP contribution in [0.4, 0.5) is 10.1 Å². The number of piperazine rings is 1. The minimum atomic E-state index is -0.159. The van der Waals surface area contributed by atoms with Gasteiger partial charge in [-0.3, -0.25) is 4.68 Å². The highest BCUT2D eigenvalue weighted by Crippen LogP contribution is 2.20. The van der Waals surface area contributed by atoms with Gasteiger partial charge in [0, 0.05) is 51.5 Å². The monoisotopic (exact) mass is 344 g/mol. The van der Waals surface area contributed by atoms with E-state index in [1.165, 1.54) is 6.07 Å². The van der Waals surface area contributed by atoms with Gasteiger partial charge in [0.05, 0.1) is 18.4 Å². The molecule has 1 N–H and O–H groups in total. The molecule has 0 atom stereocenters. The van der Waals surface area contributed by atoms with Gasteiger partial charge in [-0.15, -0.1) is 0 Å². The summed E-state index contributed by atoms with van der Waals surface area (Å²) in [5, 5.41) is 7.53. The normalized spacial score (nSPS) is 15.6. The van der Waals surface area contributed by atoms with E-state index in [1.807, 2.05) is 31.6 Å². The Morgan fingerprint density at radius 3 is 2.64 bits per heavy atom. The Bertz CT molecular complexity index is 718. The van der Waals surface area contributed by atoms with Crippen LogP contribution in [0.15, 0.2) is 41.7 Å². The maximum absolute atomic E-state index is 14.0. The first-order valence-corrected chi connectivity index (χ1v) is 8.67. The molecule has 134 valence electrons. The maximum Gasteiger partial charge on any atom is 0.194 e. The molecule has 6 nitrogen and oxygen atoms in total. The smallest absolute Gasteiger partial charge is 0.194 e. The third kappa shape index (κ3) is 4.29. The number of anilines is 1. The van der Waals surface area contributed by atoms with Crippen LogP contribution < -0.4 is 10.2 Å². The Morgan fingerprint density at radius 1 is 1.24 bits per heavy atom. The fourth-order valence-electron chi connectivity index (χ4n) is 3.01. The molecule has 1 aromatic carbocycles. The Kier molecular flexibility index (Phi) is 5.53. The molecule has 25 heavy (non-hydrogen) atoms. The highest BCUT2D eigenvalue weighted by atomic mass is 19.1. The largest absolute Gasteiger partial charge is 0.366 e. The number of aromatic nitrogens is 2. The number of guanidine groups is 1. The molecule has 0 amide bonds. The third-order valence-electron chi connectivity index (χ3n) is 4.28. The van der Waals surface area contributed by atoms with Crippen molar-refractivity contribution in [3.05, 3.63) is 48.0 Å². The van der Waals surface area contributed by atoms with Gasteiger partial charge in [-0.25, -0.2) is 9.38 Å². The fourth-order valence-corrected chi connectivity index (χ4v) is 3.01. The molecule has 1 fully saturated rings. The Balaban J connectivity index is 1.63. The molecular weight excluding hydrogens is 319 g/mol. The molecule has 1 aliphatic heterocycles. The van der Waals surface area contributed by atoms with Gasteiger partial charge in [-0.2, -0.15) is 5.10 Å². The fraction of sp³-hybridized carbons (Fsp3) is 0.444. The number of aliphatic imine (C=N–C) groups is 1. The van der Waals surface area contributed by atoms with Gasteiger partial charge in [0.1, 0.15) is 5.82 Å². The average Bonchev–Trinajstić information content (AvgIpc) is 3.05. The van der Waals surface area contributed by atoms with Crippen molar-refractivity contribution < 1.29 is 4.39 Å². The summed E-state index contributed by atoms with van der Waals surface area (Å²) in [6.45, 7) is 6.66. The van der Waals surface area contributed by atoms with Crippen molar-refractivity contribution in [1.29, 1.82) is 0 Å². The van der Waals surface area contributed by atoms with Crippen molar-refractivity contribution in [2.75, 3.05) is 37.6 Å². The Morgan fingerprint density at radius 2 is 2.00 bits per heavy atom. The molecule has 0 unspecified atom stereocenters. The van der Waals surface area contributed by atoms with E-state index in [1.54, 1.807) is 10.7 Å². The van der Waals surface area contributed by atoms with Gasteiger partial charge in [0.2, 0.25) is 0 Å². The Hall–Kier alpha value is -2.57. The van der Waals surface area contributed by atoms with Crippen molar-refractivity contribution in [3.8, 4) is 0 Å². The van der Waals surface area contributed by atoms with Crippen LogP contribution in [0.2, 0.25) is 0 Å². The number of benzene rings is 1. The predicted molar refractivity (Wildman–Crippen MR) is 98.2 cm³/mol. The first-order chi connectivity index (χ1) is 12.2. The van der Waals surface area contributed by atoms with Crippen LogP contribution in [0.5, 0.6) is 0 Å². The first kappa shape index (κ1) is 17.3. The van der Waals surface area contributed by atoms with E-state index >= 15 is 0 Å². The van der Waals surface area contributed by atoms with Crippen molar-refractivity contribution >= 4 is 11.6 Å². The summed E-state index contributed by atoms with van der Waals surface area (Å²) >= 11 is 0. The summed E-state index contributed by atoms with van der Waals surface area (Å²) in [6.07, 6.45) is 3.81. The van der Waals surface area contributed by atoms with Crippen LogP contribution in [-0.4, -0.2) is 53.4 Å². The number of halogens is 1. The summed E-state index contributed by atoms with van der Waals surface area (Å²) in [6, 6.07) is 6.96. The second kappa shape index (κ2) is 8.00. The van der Waals surface area contributed by atoms with E-state index in [0.717, 1.165) is 44.2 Å². The maximum atomic E-state index is 14.0. The SMILES string of the molecule is CCNC(=NCc1cnn(C)c1)N1CCN(c2ccccc2F)CC1. The van der Waals surface area contributed by atoms with Gasteiger partial charge in [0.25, 0.3) is 0 Å². The number of nitrogens with zero attached hydrogens (tertiary/aromatic N) is 5. The van der Waals surface area contributed by atoms with Gasteiger partial charge < -0.3 is 15.1 Å². The third-order valence-corrected chi connectivity index (χ3v) is 4.28. The molecule has 0 saturated carbocycles. The topological polar surface area (TPSA) is 48.7 Å². The summed E-state index contributed by atoms with van der Waals surface area (Å²) in [5.74, 6) is 0.743. The lowest BCUT2D eigenvalue weighted by Crippen LogP contribution is -2.52. The molecule has 0 aliphatic carbocycles. The lowest BCUT2D eigenvalue weighted by molar-refractivity contribution is 0.370. The Labute approximate surface area is 148 Å². The van der Waals surface area contributed by atoms with E-state index in [-0.39, 0.29) is 5.82 Å². The molecule has 0 bridgehead atoms. The number of hydrogen-bond donors (Lipinski definition) is 1. The van der Waals surface area contributed by atoms with Crippen LogP contribution in [-0.2, 0) is 13.6 Å². The minimum Gasteiger partial charge on any atom is -0.366 e. The molecular formula is C18H25FN6. The van der Waals surface area contributed by atoms with Crippen molar-refractivity contribution in [2.45, 2.75) is 13.5 Å². The molecule has 0 spiro atoms. The van der Waals surface area contributed by atoms with Crippen LogP contribution in [0, 0.1) is 5.82 Å². The number of aryl methyl sites for hydroxylation is 1. The summed E-state index contributed by atoms with van der Waals surface area (Å²) < 4.78 is 15.7. The molecule has 2 heterocycles. The van der Waals surface area contributed by atoms with Crippen LogP contribution in [0.3, 0.4) is 0 Å². The van der Waals surface area contributed by atoms with E-state index in [0.29, 0.717) is 12.2 Å². The molecule has 3 rings (SSSR count). The molecule has 1 aromatic heterocycles. The lowest BCUT2D eigenvalue weighted by Gasteiger charge is -2.37. The second-order valence-electron chi connectivity index (χ2n) is 6.12. The zero-order valence-corrected chi connectivity index (χ0v) is 14.8. The van der Waals surface area contributed by atoms with Gasteiger partial charge in [0.15, 0.2) is 5.96 Å². The summed E-state index contributed by atoms with van der Waals surface area (Å²) in [4.78, 5) is 9.05. The average molecular weight is 344 g/mol. The molecule has 2 aromatic rings. The quantitative estimate of drug-likeness (QED) is 0.679. The summed E-state index contributed by atoms with van der Waals surface area (Å²) in [7, 11) is 1.90. The lowest BCUT2D eigenvalue weighted by atomic mass is 10.2. The minimum absolute atomic E-state index is 0.159.